The molecule has 0 aromatic heterocycles. The van der Waals surface area contributed by atoms with E-state index in [2.05, 4.69) is 11.5 Å². The topological polar surface area (TPSA) is 21.7 Å². The summed E-state index contributed by atoms with van der Waals surface area (Å²) < 4.78 is 11.1. The van der Waals surface area contributed by atoms with Gasteiger partial charge in [-0.1, -0.05) is 18.2 Å². The van der Waals surface area contributed by atoms with Crippen molar-refractivity contribution in [3.63, 3.8) is 0 Å². The Morgan fingerprint density at radius 2 is 2.13 bits per heavy atom. The average Bonchev–Trinajstić information content (AvgIpc) is 2.69. The van der Waals surface area contributed by atoms with Crippen LogP contribution in [0.3, 0.4) is 0 Å². The van der Waals surface area contributed by atoms with Crippen LogP contribution in [0.4, 0.5) is 0 Å². The van der Waals surface area contributed by atoms with Crippen LogP contribution in [-0.2, 0) is 9.47 Å². The summed E-state index contributed by atoms with van der Waals surface area (Å²) >= 11 is 5.82. The van der Waals surface area contributed by atoms with Gasteiger partial charge in [-0.15, -0.1) is 0 Å². The molecule has 0 aromatic carbocycles. The molecule has 0 amide bonds. The first kappa shape index (κ1) is 11.4. The lowest BCUT2D eigenvalue weighted by molar-refractivity contribution is -0.0992. The van der Waals surface area contributed by atoms with E-state index in [0.717, 1.165) is 32.8 Å². The lowest BCUT2D eigenvalue weighted by Gasteiger charge is -2.34. The Kier molecular flexibility index (Phi) is 4.03. The fourth-order valence-corrected chi connectivity index (χ4v) is 2.52. The second-order valence-corrected chi connectivity index (χ2v) is 4.80. The van der Waals surface area contributed by atoms with Gasteiger partial charge in [0, 0.05) is 24.0 Å². The normalized spacial score (nSPS) is 29.5. The summed E-state index contributed by atoms with van der Waals surface area (Å²) in [7, 11) is 0. The number of nitrogens with zero attached hydrogens (tertiary/aromatic N) is 1. The van der Waals surface area contributed by atoms with Crippen LogP contribution < -0.4 is 0 Å². The summed E-state index contributed by atoms with van der Waals surface area (Å²) in [6.45, 7) is 8.11. The molecule has 4 heteroatoms. The van der Waals surface area contributed by atoms with E-state index in [-0.39, 0.29) is 6.29 Å². The van der Waals surface area contributed by atoms with Gasteiger partial charge in [-0.05, 0) is 19.4 Å². The van der Waals surface area contributed by atoms with E-state index in [1.807, 2.05) is 0 Å². The molecular weight excluding hydrogens is 214 g/mol. The van der Waals surface area contributed by atoms with Crippen LogP contribution in [-0.4, -0.2) is 44.0 Å². The zero-order chi connectivity index (χ0) is 10.7. The number of piperidine rings is 1. The van der Waals surface area contributed by atoms with Crippen molar-refractivity contribution < 1.29 is 9.47 Å². The third-order valence-corrected chi connectivity index (χ3v) is 3.09. The molecule has 0 radical (unpaired) electrons. The Bertz CT molecular complexity index is 229. The van der Waals surface area contributed by atoms with Gasteiger partial charge in [-0.2, -0.15) is 0 Å². The number of rotatable bonds is 3. The van der Waals surface area contributed by atoms with Crippen molar-refractivity contribution in [1.29, 1.82) is 0 Å². The first-order valence-corrected chi connectivity index (χ1v) is 5.92. The lowest BCUT2D eigenvalue weighted by Crippen LogP contribution is -2.41. The van der Waals surface area contributed by atoms with Crippen LogP contribution in [0.25, 0.3) is 0 Å². The second-order valence-electron chi connectivity index (χ2n) is 4.26. The molecule has 0 spiro atoms. The summed E-state index contributed by atoms with van der Waals surface area (Å²) in [5, 5.41) is 0.712. The second kappa shape index (κ2) is 5.30. The summed E-state index contributed by atoms with van der Waals surface area (Å²) in [4.78, 5) is 2.33. The van der Waals surface area contributed by atoms with Crippen molar-refractivity contribution in [2.75, 3.05) is 32.8 Å². The number of halogens is 1. The molecule has 2 aliphatic heterocycles. The van der Waals surface area contributed by atoms with Crippen molar-refractivity contribution in [1.82, 2.24) is 4.90 Å². The van der Waals surface area contributed by atoms with Crippen LogP contribution in [0, 0.1) is 5.92 Å². The molecule has 2 aliphatic rings. The van der Waals surface area contributed by atoms with E-state index in [1.54, 1.807) is 0 Å². The molecule has 0 bridgehead atoms. The first-order chi connectivity index (χ1) is 7.25. The fourth-order valence-electron chi connectivity index (χ4n) is 2.35. The van der Waals surface area contributed by atoms with Gasteiger partial charge in [0.25, 0.3) is 0 Å². The van der Waals surface area contributed by atoms with Gasteiger partial charge >= 0.3 is 0 Å². The molecular formula is C11H18ClNO2. The van der Waals surface area contributed by atoms with Gasteiger partial charge in [-0.3, -0.25) is 4.90 Å². The minimum absolute atomic E-state index is 0.0105. The van der Waals surface area contributed by atoms with Crippen LogP contribution in [0.15, 0.2) is 11.6 Å². The molecule has 2 saturated heterocycles. The molecule has 1 unspecified atom stereocenters. The summed E-state index contributed by atoms with van der Waals surface area (Å²) in [5.41, 5.74) is 0. The Morgan fingerprint density at radius 1 is 1.40 bits per heavy atom. The van der Waals surface area contributed by atoms with Gasteiger partial charge in [-0.25, -0.2) is 0 Å². The van der Waals surface area contributed by atoms with E-state index >= 15 is 0 Å². The standard InChI is InChI=1S/C11H18ClNO2/c1-9(12)7-13-4-2-3-10(8-13)11-14-5-6-15-11/h10-11H,1-8H2. The lowest BCUT2D eigenvalue weighted by atomic mass is 9.97. The summed E-state index contributed by atoms with van der Waals surface area (Å²) in [6, 6.07) is 0. The highest BCUT2D eigenvalue weighted by Gasteiger charge is 2.30. The quantitative estimate of drug-likeness (QED) is 0.740. The molecule has 86 valence electrons. The predicted octanol–water partition coefficient (Wildman–Crippen LogP) is 1.82. The highest BCUT2D eigenvalue weighted by atomic mass is 35.5. The van der Waals surface area contributed by atoms with E-state index < -0.39 is 0 Å². The van der Waals surface area contributed by atoms with E-state index in [0.29, 0.717) is 11.0 Å². The Labute approximate surface area is 96.0 Å². The van der Waals surface area contributed by atoms with Gasteiger partial charge in [0.15, 0.2) is 6.29 Å². The van der Waals surface area contributed by atoms with E-state index in [9.17, 15) is 0 Å². The smallest absolute Gasteiger partial charge is 0.161 e. The maximum atomic E-state index is 5.82. The van der Waals surface area contributed by atoms with Crippen molar-refractivity contribution in [2.45, 2.75) is 19.1 Å². The third kappa shape index (κ3) is 3.18. The number of hydrogen-bond donors (Lipinski definition) is 0. The first-order valence-electron chi connectivity index (χ1n) is 5.54. The Morgan fingerprint density at radius 3 is 2.80 bits per heavy atom. The molecule has 2 rings (SSSR count). The van der Waals surface area contributed by atoms with E-state index in [4.69, 9.17) is 21.1 Å². The van der Waals surface area contributed by atoms with Crippen molar-refractivity contribution in [3.05, 3.63) is 11.6 Å². The summed E-state index contributed by atoms with van der Waals surface area (Å²) in [5.74, 6) is 0.497. The highest BCUT2D eigenvalue weighted by molar-refractivity contribution is 6.29. The zero-order valence-corrected chi connectivity index (χ0v) is 9.71. The number of hydrogen-bond acceptors (Lipinski definition) is 3. The minimum Gasteiger partial charge on any atom is -0.350 e. The largest absolute Gasteiger partial charge is 0.350 e. The van der Waals surface area contributed by atoms with Crippen molar-refractivity contribution in [2.24, 2.45) is 5.92 Å². The molecule has 15 heavy (non-hydrogen) atoms. The number of ether oxygens (including phenoxy) is 2. The summed E-state index contributed by atoms with van der Waals surface area (Å²) in [6.07, 6.45) is 2.39. The minimum atomic E-state index is 0.0105. The molecule has 2 fully saturated rings. The molecule has 2 heterocycles. The number of likely N-dealkylation sites (tertiary alicyclic amines) is 1. The Hall–Kier alpha value is -0.0900. The molecule has 1 atom stereocenters. The maximum absolute atomic E-state index is 5.82. The zero-order valence-electron chi connectivity index (χ0n) is 8.95. The fraction of sp³-hybridized carbons (Fsp3) is 0.818. The monoisotopic (exact) mass is 231 g/mol. The van der Waals surface area contributed by atoms with E-state index in [1.165, 1.54) is 12.8 Å². The SMILES string of the molecule is C=C(Cl)CN1CCCC(C2OCCO2)C1. The Balaban J connectivity index is 1.83. The van der Waals surface area contributed by atoms with Crippen LogP contribution in [0.2, 0.25) is 0 Å². The highest BCUT2D eigenvalue weighted by Crippen LogP contribution is 2.25. The van der Waals surface area contributed by atoms with Crippen molar-refractivity contribution >= 4 is 11.6 Å². The van der Waals surface area contributed by atoms with Gasteiger partial charge < -0.3 is 9.47 Å². The van der Waals surface area contributed by atoms with Crippen LogP contribution >= 0.6 is 11.6 Å². The van der Waals surface area contributed by atoms with Crippen LogP contribution in [0.1, 0.15) is 12.8 Å². The molecule has 0 aliphatic carbocycles. The van der Waals surface area contributed by atoms with Gasteiger partial charge in [0.2, 0.25) is 0 Å². The predicted molar refractivity (Wildman–Crippen MR) is 59.8 cm³/mol. The van der Waals surface area contributed by atoms with Crippen LogP contribution in [0.5, 0.6) is 0 Å². The maximum Gasteiger partial charge on any atom is 0.161 e. The van der Waals surface area contributed by atoms with Gasteiger partial charge in [0.1, 0.15) is 0 Å². The molecule has 0 aromatic rings. The average molecular weight is 232 g/mol. The van der Waals surface area contributed by atoms with Crippen molar-refractivity contribution in [3.8, 4) is 0 Å². The third-order valence-electron chi connectivity index (χ3n) is 2.97. The van der Waals surface area contributed by atoms with Gasteiger partial charge in [0.05, 0.1) is 13.2 Å². The molecule has 0 saturated carbocycles. The molecule has 0 N–H and O–H groups in total. The molecule has 3 nitrogen and oxygen atoms in total.